The van der Waals surface area contributed by atoms with Crippen LogP contribution >= 0.6 is 22.9 Å². The Labute approximate surface area is 185 Å². The summed E-state index contributed by atoms with van der Waals surface area (Å²) in [5.74, 6) is 0.757. The van der Waals surface area contributed by atoms with Crippen molar-refractivity contribution in [1.82, 2.24) is 14.2 Å². The van der Waals surface area contributed by atoms with Gasteiger partial charge in [0.2, 0.25) is 10.0 Å². The van der Waals surface area contributed by atoms with Crippen molar-refractivity contribution < 1.29 is 13.2 Å². The van der Waals surface area contributed by atoms with E-state index in [-0.39, 0.29) is 6.04 Å². The number of hydrogen-bond donors (Lipinski definition) is 0. The maximum absolute atomic E-state index is 11.8. The Kier molecular flexibility index (Phi) is 5.23. The fourth-order valence-corrected chi connectivity index (χ4v) is 6.66. The van der Waals surface area contributed by atoms with Crippen molar-refractivity contribution in [2.75, 3.05) is 25.9 Å². The first kappa shape index (κ1) is 20.2. The van der Waals surface area contributed by atoms with Gasteiger partial charge >= 0.3 is 0 Å². The fourth-order valence-electron chi connectivity index (χ4n) is 4.41. The Hall–Kier alpha value is -1.71. The number of sulfonamides is 1. The van der Waals surface area contributed by atoms with E-state index in [9.17, 15) is 8.42 Å². The number of rotatable bonds is 6. The number of likely N-dealkylation sites (tertiary alicyclic amines) is 1. The van der Waals surface area contributed by atoms with Gasteiger partial charge in [-0.3, -0.25) is 4.90 Å². The highest BCUT2D eigenvalue weighted by Gasteiger charge is 2.46. The lowest BCUT2D eigenvalue weighted by Gasteiger charge is -2.32. The van der Waals surface area contributed by atoms with Gasteiger partial charge in [-0.25, -0.2) is 13.4 Å². The lowest BCUT2D eigenvalue weighted by molar-refractivity contribution is 0.184. The van der Waals surface area contributed by atoms with Crippen molar-refractivity contribution in [2.45, 2.75) is 24.9 Å². The molecule has 9 heteroatoms. The highest BCUT2D eigenvalue weighted by Crippen LogP contribution is 2.34. The number of halogens is 1. The summed E-state index contributed by atoms with van der Waals surface area (Å²) in [5.41, 5.74) is 2.12. The highest BCUT2D eigenvalue weighted by atomic mass is 35.5. The lowest BCUT2D eigenvalue weighted by Crippen LogP contribution is -2.48. The zero-order valence-corrected chi connectivity index (χ0v) is 18.9. The monoisotopic (exact) mass is 463 g/mol. The zero-order valence-electron chi connectivity index (χ0n) is 16.5. The molecule has 1 aromatic heterocycles. The van der Waals surface area contributed by atoms with E-state index in [0.29, 0.717) is 22.8 Å². The predicted octanol–water partition coefficient (Wildman–Crippen LogP) is 4.00. The number of hydrogen-bond acceptors (Lipinski definition) is 6. The van der Waals surface area contributed by atoms with E-state index in [1.165, 1.54) is 23.2 Å². The van der Waals surface area contributed by atoms with Crippen molar-refractivity contribution in [2.24, 2.45) is 0 Å². The Bertz CT molecular complexity index is 1180. The minimum atomic E-state index is -3.08. The summed E-state index contributed by atoms with van der Waals surface area (Å²) in [7, 11) is -3.08. The second-order valence-electron chi connectivity index (χ2n) is 7.96. The third-order valence-electron chi connectivity index (χ3n) is 5.88. The van der Waals surface area contributed by atoms with E-state index in [0.717, 1.165) is 41.9 Å². The van der Waals surface area contributed by atoms with Gasteiger partial charge in [-0.2, -0.15) is 4.31 Å². The van der Waals surface area contributed by atoms with Crippen molar-refractivity contribution >= 4 is 43.2 Å². The van der Waals surface area contributed by atoms with E-state index in [2.05, 4.69) is 22.0 Å². The minimum absolute atomic E-state index is 0.143. The van der Waals surface area contributed by atoms with Crippen LogP contribution < -0.4 is 4.74 Å². The summed E-state index contributed by atoms with van der Waals surface area (Å²) in [6, 6.07) is 14.2. The van der Waals surface area contributed by atoms with Crippen LogP contribution in [-0.2, 0) is 16.4 Å². The summed E-state index contributed by atoms with van der Waals surface area (Å²) in [6.45, 7) is 2.40. The molecule has 2 atom stereocenters. The number of benzene rings is 2. The first-order valence-corrected chi connectivity index (χ1v) is 12.9. The van der Waals surface area contributed by atoms with Crippen LogP contribution in [0, 0.1) is 0 Å². The number of aromatic nitrogens is 1. The third kappa shape index (κ3) is 4.07. The quantitative estimate of drug-likeness (QED) is 0.552. The Morgan fingerprint density at radius 1 is 1.17 bits per heavy atom. The van der Waals surface area contributed by atoms with Crippen LogP contribution in [0.4, 0.5) is 0 Å². The second kappa shape index (κ2) is 7.76. The average molecular weight is 464 g/mol. The van der Waals surface area contributed by atoms with Gasteiger partial charge in [-0.15, -0.1) is 0 Å². The molecular formula is C21H22ClN3O3S2. The summed E-state index contributed by atoms with van der Waals surface area (Å²) in [4.78, 5) is 6.91. The molecule has 6 nitrogen and oxygen atoms in total. The molecule has 3 aromatic rings. The first-order valence-electron chi connectivity index (χ1n) is 9.89. The fraction of sp³-hybridized carbons (Fsp3) is 0.381. The van der Waals surface area contributed by atoms with Crippen LogP contribution in [0.15, 0.2) is 42.5 Å². The molecule has 2 bridgehead atoms. The maximum atomic E-state index is 11.8. The minimum Gasteiger partial charge on any atom is -0.431 e. The smallest absolute Gasteiger partial charge is 0.279 e. The molecule has 0 radical (unpaired) electrons. The van der Waals surface area contributed by atoms with Gasteiger partial charge in [-0.05, 0) is 48.7 Å². The molecule has 158 valence electrons. The summed E-state index contributed by atoms with van der Waals surface area (Å²) < 4.78 is 32.2. The van der Waals surface area contributed by atoms with Gasteiger partial charge < -0.3 is 4.74 Å². The lowest BCUT2D eigenvalue weighted by atomic mass is 10.1. The molecule has 3 heterocycles. The van der Waals surface area contributed by atoms with Gasteiger partial charge in [0.25, 0.3) is 5.19 Å². The van der Waals surface area contributed by atoms with Crippen LogP contribution in [0.25, 0.3) is 10.2 Å². The van der Waals surface area contributed by atoms with E-state index in [1.807, 2.05) is 30.3 Å². The van der Waals surface area contributed by atoms with Crippen LogP contribution in [0.5, 0.6) is 10.9 Å². The molecule has 5 rings (SSSR count). The molecule has 2 saturated heterocycles. The van der Waals surface area contributed by atoms with Crippen LogP contribution in [0.1, 0.15) is 12.0 Å². The van der Waals surface area contributed by atoms with Crippen LogP contribution in [0.3, 0.4) is 0 Å². The molecule has 2 aromatic carbocycles. The van der Waals surface area contributed by atoms with E-state index < -0.39 is 10.0 Å². The Morgan fingerprint density at radius 2 is 1.97 bits per heavy atom. The standard InChI is InChI=1S/C21H22ClN3O3S2/c1-30(26,27)25-13-16-11-17(25)12-24(16)9-8-14-2-5-18(6-3-14)28-21-23-19-7-4-15(22)10-20(19)29-21/h2-7,10,16-17H,8-9,11-13H2,1H3. The Balaban J connectivity index is 1.17. The van der Waals surface area contributed by atoms with Crippen molar-refractivity contribution in [3.05, 3.63) is 53.1 Å². The number of ether oxygens (including phenoxy) is 1. The normalized spacial score (nSPS) is 22.2. The van der Waals surface area contributed by atoms with Crippen LogP contribution in [0.2, 0.25) is 5.02 Å². The largest absolute Gasteiger partial charge is 0.431 e. The first-order chi connectivity index (χ1) is 14.3. The number of fused-ring (bicyclic) bond motifs is 3. The average Bonchev–Trinajstić information content (AvgIpc) is 3.40. The van der Waals surface area contributed by atoms with E-state index in [4.69, 9.17) is 16.3 Å². The highest BCUT2D eigenvalue weighted by molar-refractivity contribution is 7.88. The van der Waals surface area contributed by atoms with Crippen molar-refractivity contribution in [1.29, 1.82) is 0 Å². The van der Waals surface area contributed by atoms with Crippen LogP contribution in [-0.4, -0.2) is 60.6 Å². The number of thiazole rings is 1. The predicted molar refractivity (Wildman–Crippen MR) is 120 cm³/mol. The molecule has 0 spiro atoms. The summed E-state index contributed by atoms with van der Waals surface area (Å²) in [5, 5.41) is 1.29. The molecule has 2 unspecified atom stereocenters. The topological polar surface area (TPSA) is 62.7 Å². The Morgan fingerprint density at radius 3 is 2.67 bits per heavy atom. The molecular weight excluding hydrogens is 442 g/mol. The van der Waals surface area contributed by atoms with Gasteiger partial charge in [-0.1, -0.05) is 35.1 Å². The molecule has 2 aliphatic rings. The molecule has 2 fully saturated rings. The van der Waals surface area contributed by atoms with Gasteiger partial charge in [0.15, 0.2) is 0 Å². The number of nitrogens with zero attached hydrogens (tertiary/aromatic N) is 3. The summed E-state index contributed by atoms with van der Waals surface area (Å²) >= 11 is 7.51. The van der Waals surface area contributed by atoms with Crippen molar-refractivity contribution in [3.8, 4) is 10.9 Å². The van der Waals surface area contributed by atoms with E-state index in [1.54, 1.807) is 4.31 Å². The molecule has 0 saturated carbocycles. The van der Waals surface area contributed by atoms with Gasteiger partial charge in [0.1, 0.15) is 5.75 Å². The third-order valence-corrected chi connectivity index (χ3v) is 8.31. The molecule has 2 aliphatic heterocycles. The van der Waals surface area contributed by atoms with Crippen molar-refractivity contribution in [3.63, 3.8) is 0 Å². The molecule has 0 N–H and O–H groups in total. The van der Waals surface area contributed by atoms with Gasteiger partial charge in [0.05, 0.1) is 16.5 Å². The second-order valence-corrected chi connectivity index (χ2v) is 11.3. The van der Waals surface area contributed by atoms with E-state index >= 15 is 0 Å². The van der Waals surface area contributed by atoms with Gasteiger partial charge in [0, 0.05) is 36.7 Å². The molecule has 0 amide bonds. The maximum Gasteiger partial charge on any atom is 0.279 e. The molecule has 0 aliphatic carbocycles. The molecule has 30 heavy (non-hydrogen) atoms. The SMILES string of the molecule is CS(=O)(=O)N1CC2CC1CN2CCc1ccc(Oc2nc3ccc(Cl)cc3s2)cc1. The summed E-state index contributed by atoms with van der Waals surface area (Å²) in [6.07, 6.45) is 3.19. The number of piperazine rings is 1. The zero-order chi connectivity index (χ0) is 20.9.